The maximum atomic E-state index is 12.1. The van der Waals surface area contributed by atoms with Crippen molar-refractivity contribution in [3.05, 3.63) is 34.3 Å². The highest BCUT2D eigenvalue weighted by Gasteiger charge is 2.25. The molecule has 0 aromatic heterocycles. The number of rotatable bonds is 2. The average Bonchev–Trinajstić information content (AvgIpc) is 2.77. The van der Waals surface area contributed by atoms with E-state index in [0.29, 0.717) is 12.5 Å². The highest BCUT2D eigenvalue weighted by molar-refractivity contribution is 9.10. The molecular weight excluding hydrogens is 304 g/mol. The first-order valence-electron chi connectivity index (χ1n) is 5.45. The fraction of sp³-hybridized carbons (Fsp3) is 0.417. The summed E-state index contributed by atoms with van der Waals surface area (Å²) in [5.74, 6) is 0.586. The van der Waals surface area contributed by atoms with Gasteiger partial charge in [-0.15, -0.1) is 12.4 Å². The first-order chi connectivity index (χ1) is 7.70. The number of benzene rings is 1. The fourth-order valence-electron chi connectivity index (χ4n) is 1.98. The number of halogens is 2. The summed E-state index contributed by atoms with van der Waals surface area (Å²) in [6.07, 6.45) is 1.03. The molecule has 0 bridgehead atoms. The monoisotopic (exact) mass is 318 g/mol. The second-order valence-corrected chi connectivity index (χ2v) is 5.06. The van der Waals surface area contributed by atoms with Gasteiger partial charge in [-0.3, -0.25) is 4.79 Å². The van der Waals surface area contributed by atoms with Crippen molar-refractivity contribution in [2.24, 2.45) is 11.7 Å². The summed E-state index contributed by atoms with van der Waals surface area (Å²) in [7, 11) is 0. The summed E-state index contributed by atoms with van der Waals surface area (Å²) in [5.41, 5.74) is 6.36. The second kappa shape index (κ2) is 6.38. The molecule has 1 aromatic carbocycles. The minimum atomic E-state index is 0. The summed E-state index contributed by atoms with van der Waals surface area (Å²) < 4.78 is 0.991. The van der Waals surface area contributed by atoms with Gasteiger partial charge in [0.25, 0.3) is 5.91 Å². The van der Waals surface area contributed by atoms with E-state index in [1.807, 2.05) is 29.2 Å². The zero-order chi connectivity index (χ0) is 11.5. The van der Waals surface area contributed by atoms with Crippen LogP contribution in [-0.4, -0.2) is 30.4 Å². The first kappa shape index (κ1) is 14.5. The maximum absolute atomic E-state index is 12.1. The van der Waals surface area contributed by atoms with Gasteiger partial charge in [-0.2, -0.15) is 0 Å². The van der Waals surface area contributed by atoms with Crippen LogP contribution in [0.3, 0.4) is 0 Å². The Hall–Kier alpha value is -0.580. The Labute approximate surface area is 116 Å². The van der Waals surface area contributed by atoms with Crippen LogP contribution in [0.25, 0.3) is 0 Å². The van der Waals surface area contributed by atoms with Gasteiger partial charge in [0.05, 0.1) is 0 Å². The molecule has 17 heavy (non-hydrogen) atoms. The molecule has 1 atom stereocenters. The third kappa shape index (κ3) is 3.44. The molecule has 3 nitrogen and oxygen atoms in total. The number of hydrogen-bond donors (Lipinski definition) is 1. The van der Waals surface area contributed by atoms with Crippen LogP contribution in [0, 0.1) is 5.92 Å². The molecule has 94 valence electrons. The lowest BCUT2D eigenvalue weighted by Gasteiger charge is -2.16. The lowest BCUT2D eigenvalue weighted by Crippen LogP contribution is -2.29. The topological polar surface area (TPSA) is 46.3 Å². The van der Waals surface area contributed by atoms with Crippen molar-refractivity contribution in [2.45, 2.75) is 6.42 Å². The van der Waals surface area contributed by atoms with Gasteiger partial charge in [0.15, 0.2) is 0 Å². The van der Waals surface area contributed by atoms with Crippen LogP contribution in [0.1, 0.15) is 16.8 Å². The molecule has 1 aliphatic heterocycles. The first-order valence-corrected chi connectivity index (χ1v) is 6.25. The lowest BCUT2D eigenvalue weighted by atomic mass is 10.1. The standard InChI is InChI=1S/C12H15BrN2O.ClH/c13-11-3-1-10(2-4-11)12(16)15-6-5-9(7-14)8-15;/h1-4,9H,5-8,14H2;1H. The molecule has 0 spiro atoms. The van der Waals surface area contributed by atoms with E-state index in [4.69, 9.17) is 5.73 Å². The number of nitrogens with zero attached hydrogens (tertiary/aromatic N) is 1. The normalized spacial score (nSPS) is 18.9. The van der Waals surface area contributed by atoms with Crippen LogP contribution in [0.4, 0.5) is 0 Å². The van der Waals surface area contributed by atoms with Gasteiger partial charge < -0.3 is 10.6 Å². The molecule has 0 radical (unpaired) electrons. The largest absolute Gasteiger partial charge is 0.338 e. The lowest BCUT2D eigenvalue weighted by molar-refractivity contribution is 0.0787. The third-order valence-corrected chi connectivity index (χ3v) is 3.53. The molecular formula is C12H16BrClN2O. The molecule has 2 rings (SSSR count). The highest BCUT2D eigenvalue weighted by atomic mass is 79.9. The summed E-state index contributed by atoms with van der Waals surface area (Å²) in [4.78, 5) is 14.0. The minimum absolute atomic E-state index is 0. The molecule has 1 amide bonds. The van der Waals surface area contributed by atoms with Gasteiger partial charge in [0.2, 0.25) is 0 Å². The SMILES string of the molecule is Cl.NCC1CCN(C(=O)c2ccc(Br)cc2)C1. The predicted octanol–water partition coefficient (Wildman–Crippen LogP) is 2.29. The van der Waals surface area contributed by atoms with Crippen molar-refractivity contribution < 1.29 is 4.79 Å². The Morgan fingerprint density at radius 1 is 1.41 bits per heavy atom. The number of carbonyl (C=O) groups is 1. The van der Waals surface area contributed by atoms with Gasteiger partial charge >= 0.3 is 0 Å². The number of hydrogen-bond acceptors (Lipinski definition) is 2. The van der Waals surface area contributed by atoms with Crippen molar-refractivity contribution in [2.75, 3.05) is 19.6 Å². The Bertz CT molecular complexity index is 383. The Morgan fingerprint density at radius 3 is 2.59 bits per heavy atom. The Kier molecular flexibility index (Phi) is 5.43. The summed E-state index contributed by atoms with van der Waals surface area (Å²) >= 11 is 3.36. The zero-order valence-corrected chi connectivity index (χ0v) is 11.8. The van der Waals surface area contributed by atoms with Crippen molar-refractivity contribution in [1.82, 2.24) is 4.90 Å². The second-order valence-electron chi connectivity index (χ2n) is 4.15. The quantitative estimate of drug-likeness (QED) is 0.909. The molecule has 0 saturated carbocycles. The van der Waals surface area contributed by atoms with E-state index < -0.39 is 0 Å². The molecule has 1 fully saturated rings. The molecule has 1 heterocycles. The molecule has 1 unspecified atom stereocenters. The van der Waals surface area contributed by atoms with Crippen LogP contribution in [0.5, 0.6) is 0 Å². The smallest absolute Gasteiger partial charge is 0.253 e. The number of carbonyl (C=O) groups excluding carboxylic acids is 1. The van der Waals surface area contributed by atoms with Gasteiger partial charge in [-0.25, -0.2) is 0 Å². The molecule has 1 aromatic rings. The minimum Gasteiger partial charge on any atom is -0.338 e. The average molecular weight is 320 g/mol. The highest BCUT2D eigenvalue weighted by Crippen LogP contribution is 2.18. The van der Waals surface area contributed by atoms with Crippen LogP contribution >= 0.6 is 28.3 Å². The van der Waals surface area contributed by atoms with E-state index >= 15 is 0 Å². The van der Waals surface area contributed by atoms with E-state index in [9.17, 15) is 4.79 Å². The van der Waals surface area contributed by atoms with Gasteiger partial charge in [0.1, 0.15) is 0 Å². The predicted molar refractivity (Wildman–Crippen MR) is 74.5 cm³/mol. The molecule has 5 heteroatoms. The number of likely N-dealkylation sites (tertiary alicyclic amines) is 1. The van der Waals surface area contributed by atoms with E-state index in [2.05, 4.69) is 15.9 Å². The Morgan fingerprint density at radius 2 is 2.06 bits per heavy atom. The van der Waals surface area contributed by atoms with Gasteiger partial charge in [-0.05, 0) is 43.1 Å². The van der Waals surface area contributed by atoms with Gasteiger partial charge in [0, 0.05) is 23.1 Å². The third-order valence-electron chi connectivity index (χ3n) is 3.00. The fourth-order valence-corrected chi connectivity index (χ4v) is 2.25. The number of amides is 1. The summed E-state index contributed by atoms with van der Waals surface area (Å²) in [6, 6.07) is 7.48. The maximum Gasteiger partial charge on any atom is 0.253 e. The van der Waals surface area contributed by atoms with Crippen molar-refractivity contribution in [1.29, 1.82) is 0 Å². The van der Waals surface area contributed by atoms with Crippen molar-refractivity contribution in [3.63, 3.8) is 0 Å². The van der Waals surface area contributed by atoms with Crippen LogP contribution in [-0.2, 0) is 0 Å². The molecule has 1 saturated heterocycles. The van der Waals surface area contributed by atoms with E-state index in [0.717, 1.165) is 29.5 Å². The summed E-state index contributed by atoms with van der Waals surface area (Å²) in [5, 5.41) is 0. The Balaban J connectivity index is 0.00000144. The van der Waals surface area contributed by atoms with E-state index in [1.54, 1.807) is 0 Å². The molecule has 0 aliphatic carbocycles. The van der Waals surface area contributed by atoms with Crippen LogP contribution < -0.4 is 5.73 Å². The molecule has 2 N–H and O–H groups in total. The summed E-state index contributed by atoms with van der Waals surface area (Å²) in [6.45, 7) is 2.30. The number of nitrogens with two attached hydrogens (primary N) is 1. The van der Waals surface area contributed by atoms with E-state index in [-0.39, 0.29) is 18.3 Å². The van der Waals surface area contributed by atoms with Crippen molar-refractivity contribution in [3.8, 4) is 0 Å². The van der Waals surface area contributed by atoms with Crippen molar-refractivity contribution >= 4 is 34.2 Å². The van der Waals surface area contributed by atoms with Crippen LogP contribution in [0.2, 0.25) is 0 Å². The van der Waals surface area contributed by atoms with Gasteiger partial charge in [-0.1, -0.05) is 15.9 Å². The zero-order valence-electron chi connectivity index (χ0n) is 9.43. The van der Waals surface area contributed by atoms with E-state index in [1.165, 1.54) is 0 Å². The molecule has 1 aliphatic rings. The van der Waals surface area contributed by atoms with Crippen LogP contribution in [0.15, 0.2) is 28.7 Å².